The van der Waals surface area contributed by atoms with Crippen LogP contribution in [-0.4, -0.2) is 42.6 Å². The van der Waals surface area contributed by atoms with E-state index in [1.165, 1.54) is 0 Å². The summed E-state index contributed by atoms with van der Waals surface area (Å²) >= 11 is 0. The molecule has 4 nitrogen and oxygen atoms in total. The first-order valence-electron chi connectivity index (χ1n) is 5.12. The molecular formula is C10H13F4NO3. The Morgan fingerprint density at radius 3 is 2.11 bits per heavy atom. The molecule has 0 heterocycles. The minimum Gasteiger partial charge on any atom is -0.454 e. The van der Waals surface area contributed by atoms with Gasteiger partial charge in [-0.2, -0.15) is 13.2 Å². The number of nitrogens with zero attached hydrogens (tertiary/aromatic N) is 1. The summed E-state index contributed by atoms with van der Waals surface area (Å²) < 4.78 is 51.6. The average molecular weight is 271 g/mol. The quantitative estimate of drug-likeness (QED) is 0.445. The van der Waals surface area contributed by atoms with E-state index < -0.39 is 30.5 Å². The van der Waals surface area contributed by atoms with Crippen LogP contribution in [0.5, 0.6) is 0 Å². The molecule has 0 unspecified atom stereocenters. The second kappa shape index (κ2) is 6.97. The molecule has 0 radical (unpaired) electrons. The Hall–Kier alpha value is -1.60. The minimum absolute atomic E-state index is 0.0490. The number of esters is 1. The summed E-state index contributed by atoms with van der Waals surface area (Å²) in [5, 5.41) is 0. The number of hydrogen-bond acceptors (Lipinski definition) is 3. The third kappa shape index (κ3) is 5.15. The van der Waals surface area contributed by atoms with Crippen LogP contribution in [0.15, 0.2) is 11.9 Å². The molecule has 0 atom stereocenters. The number of carbonyl (C=O) groups excluding carboxylic acids is 2. The van der Waals surface area contributed by atoms with Gasteiger partial charge in [0.1, 0.15) is 6.61 Å². The molecule has 1 amide bonds. The summed E-state index contributed by atoms with van der Waals surface area (Å²) in [6.07, 6.45) is -5.07. The predicted molar refractivity (Wildman–Crippen MR) is 54.1 cm³/mol. The Balaban J connectivity index is 4.32. The van der Waals surface area contributed by atoms with Gasteiger partial charge in [-0.25, -0.2) is 9.18 Å². The number of halogens is 4. The number of rotatable bonds is 4. The van der Waals surface area contributed by atoms with Gasteiger partial charge in [-0.15, -0.1) is 0 Å². The first kappa shape index (κ1) is 16.4. The second-order valence-corrected chi connectivity index (χ2v) is 3.13. The van der Waals surface area contributed by atoms with Crippen LogP contribution in [-0.2, 0) is 14.3 Å². The van der Waals surface area contributed by atoms with Crippen LogP contribution in [0.25, 0.3) is 0 Å². The Bertz CT molecular complexity index is 335. The van der Waals surface area contributed by atoms with Gasteiger partial charge >= 0.3 is 18.1 Å². The summed E-state index contributed by atoms with van der Waals surface area (Å²) in [7, 11) is 0. The van der Waals surface area contributed by atoms with Gasteiger partial charge in [0.2, 0.25) is 5.83 Å². The molecule has 0 aromatic rings. The van der Waals surface area contributed by atoms with E-state index in [0.29, 0.717) is 0 Å². The molecule has 0 N–H and O–H groups in total. The van der Waals surface area contributed by atoms with Crippen LogP contribution in [0.1, 0.15) is 13.8 Å². The summed E-state index contributed by atoms with van der Waals surface area (Å²) in [6.45, 7) is 2.82. The molecule has 104 valence electrons. The smallest absolute Gasteiger partial charge is 0.442 e. The molecule has 0 aliphatic carbocycles. The lowest BCUT2D eigenvalue weighted by Crippen LogP contribution is -2.37. The number of hydrogen-bond donors (Lipinski definition) is 0. The first-order valence-corrected chi connectivity index (χ1v) is 5.12. The van der Waals surface area contributed by atoms with Crippen molar-refractivity contribution in [1.82, 2.24) is 4.90 Å². The summed E-state index contributed by atoms with van der Waals surface area (Å²) in [5.74, 6) is -4.66. The molecular weight excluding hydrogens is 258 g/mol. The van der Waals surface area contributed by atoms with E-state index >= 15 is 0 Å². The maximum atomic E-state index is 12.3. The van der Waals surface area contributed by atoms with Gasteiger partial charge in [0.05, 0.1) is 0 Å². The fraction of sp³-hybridized carbons (Fsp3) is 0.600. The number of ether oxygens (including phenoxy) is 1. The molecule has 0 spiro atoms. The Labute approximate surface area is 101 Å². The largest absolute Gasteiger partial charge is 0.454 e. The number of likely N-dealkylation sites (N-methyl/N-ethyl adjacent to an activating group) is 1. The maximum absolute atomic E-state index is 12.3. The monoisotopic (exact) mass is 271 g/mol. The lowest BCUT2D eigenvalue weighted by molar-refractivity contribution is -0.159. The SMILES string of the molecule is CCN(CC)C(=O)C(=O)OC/C=C(\F)C(F)(F)F. The normalized spacial score (nSPS) is 12.2. The topological polar surface area (TPSA) is 46.6 Å². The van der Waals surface area contributed by atoms with Crippen LogP contribution < -0.4 is 0 Å². The molecule has 0 bridgehead atoms. The number of carbonyl (C=O) groups is 2. The van der Waals surface area contributed by atoms with E-state index in [4.69, 9.17) is 0 Å². The molecule has 0 aromatic carbocycles. The maximum Gasteiger partial charge on any atom is 0.442 e. The fourth-order valence-corrected chi connectivity index (χ4v) is 1.01. The van der Waals surface area contributed by atoms with Crippen molar-refractivity contribution in [3.63, 3.8) is 0 Å². The van der Waals surface area contributed by atoms with Crippen molar-refractivity contribution < 1.29 is 31.9 Å². The summed E-state index contributed by atoms with van der Waals surface area (Å²) in [4.78, 5) is 23.5. The van der Waals surface area contributed by atoms with Crippen LogP contribution >= 0.6 is 0 Å². The second-order valence-electron chi connectivity index (χ2n) is 3.13. The Morgan fingerprint density at radius 1 is 1.22 bits per heavy atom. The van der Waals surface area contributed by atoms with Gasteiger partial charge in [-0.05, 0) is 19.9 Å². The lowest BCUT2D eigenvalue weighted by atomic mass is 10.4. The van der Waals surface area contributed by atoms with Crippen LogP contribution in [0.3, 0.4) is 0 Å². The summed E-state index contributed by atoms with van der Waals surface area (Å²) in [6, 6.07) is 0. The zero-order valence-corrected chi connectivity index (χ0v) is 9.88. The van der Waals surface area contributed by atoms with Crippen molar-refractivity contribution in [1.29, 1.82) is 0 Å². The Morgan fingerprint density at radius 2 is 1.72 bits per heavy atom. The summed E-state index contributed by atoms with van der Waals surface area (Å²) in [5.41, 5.74) is 0. The van der Waals surface area contributed by atoms with Crippen molar-refractivity contribution >= 4 is 11.9 Å². The number of amides is 1. The number of alkyl halides is 3. The van der Waals surface area contributed by atoms with E-state index in [1.807, 2.05) is 0 Å². The highest BCUT2D eigenvalue weighted by Gasteiger charge is 2.34. The van der Waals surface area contributed by atoms with Gasteiger partial charge in [0, 0.05) is 13.1 Å². The average Bonchev–Trinajstić information content (AvgIpc) is 2.28. The minimum atomic E-state index is -5.12. The molecule has 0 saturated heterocycles. The van der Waals surface area contributed by atoms with Crippen molar-refractivity contribution in [2.45, 2.75) is 20.0 Å². The van der Waals surface area contributed by atoms with Gasteiger partial charge in [-0.3, -0.25) is 4.79 Å². The number of allylic oxidation sites excluding steroid dienone is 1. The molecule has 0 fully saturated rings. The molecule has 0 aliphatic rings. The van der Waals surface area contributed by atoms with Crippen molar-refractivity contribution in [3.05, 3.63) is 11.9 Å². The highest BCUT2D eigenvalue weighted by Crippen LogP contribution is 2.25. The fourth-order valence-electron chi connectivity index (χ4n) is 1.01. The molecule has 0 aliphatic heterocycles. The molecule has 0 rings (SSSR count). The van der Waals surface area contributed by atoms with Gasteiger partial charge in [0.25, 0.3) is 0 Å². The highest BCUT2D eigenvalue weighted by molar-refractivity contribution is 6.32. The van der Waals surface area contributed by atoms with Gasteiger partial charge in [0.15, 0.2) is 0 Å². The van der Waals surface area contributed by atoms with Gasteiger partial charge < -0.3 is 9.64 Å². The molecule has 0 aromatic heterocycles. The third-order valence-corrected chi connectivity index (χ3v) is 1.97. The third-order valence-electron chi connectivity index (χ3n) is 1.97. The first-order chi connectivity index (χ1) is 8.23. The zero-order valence-electron chi connectivity index (χ0n) is 9.88. The van der Waals surface area contributed by atoms with Crippen LogP contribution in [0.4, 0.5) is 17.6 Å². The zero-order chi connectivity index (χ0) is 14.3. The van der Waals surface area contributed by atoms with Crippen molar-refractivity contribution in [3.8, 4) is 0 Å². The van der Waals surface area contributed by atoms with E-state index in [9.17, 15) is 27.2 Å². The van der Waals surface area contributed by atoms with Gasteiger partial charge in [-0.1, -0.05) is 0 Å². The Kier molecular flexibility index (Phi) is 6.35. The van der Waals surface area contributed by atoms with Crippen molar-refractivity contribution in [2.75, 3.05) is 19.7 Å². The standard InChI is InChI=1S/C10H13F4NO3/c1-3-15(4-2)8(16)9(17)18-6-5-7(11)10(12,13)14/h5H,3-4,6H2,1-2H3/b7-5-. The molecule has 0 saturated carbocycles. The van der Waals surface area contributed by atoms with E-state index in [-0.39, 0.29) is 19.2 Å². The predicted octanol–water partition coefficient (Wildman–Crippen LogP) is 1.81. The van der Waals surface area contributed by atoms with Crippen molar-refractivity contribution in [2.24, 2.45) is 0 Å². The van der Waals surface area contributed by atoms with E-state index in [2.05, 4.69) is 4.74 Å². The highest BCUT2D eigenvalue weighted by atomic mass is 19.4. The molecule has 8 heteroatoms. The lowest BCUT2D eigenvalue weighted by Gasteiger charge is -2.16. The molecule has 18 heavy (non-hydrogen) atoms. The van der Waals surface area contributed by atoms with E-state index in [0.717, 1.165) is 4.90 Å². The van der Waals surface area contributed by atoms with Crippen LogP contribution in [0.2, 0.25) is 0 Å². The van der Waals surface area contributed by atoms with E-state index in [1.54, 1.807) is 13.8 Å². The van der Waals surface area contributed by atoms with Crippen LogP contribution in [0, 0.1) is 0 Å².